The third-order valence-corrected chi connectivity index (χ3v) is 3.19. The lowest BCUT2D eigenvalue weighted by Gasteiger charge is -2.15. The number of rotatable bonds is 3. The average molecular weight is 271 g/mol. The summed E-state index contributed by atoms with van der Waals surface area (Å²) in [6, 6.07) is 8.46. The third kappa shape index (κ3) is 2.42. The van der Waals surface area contributed by atoms with Gasteiger partial charge in [0.05, 0.1) is 11.8 Å². The van der Waals surface area contributed by atoms with E-state index in [4.69, 9.17) is 9.15 Å². The molecule has 1 amide bonds. The average Bonchev–Trinajstić information content (AvgIpc) is 3.11. The van der Waals surface area contributed by atoms with E-state index in [-0.39, 0.29) is 5.91 Å². The lowest BCUT2D eigenvalue weighted by Crippen LogP contribution is -2.23. The SMILES string of the molecule is O=C(Oc1ccc(N2CCCC2=O)cc1)c1ccoc1. The van der Waals surface area contributed by atoms with E-state index in [1.54, 1.807) is 35.2 Å². The number of carbonyl (C=O) groups is 2. The Balaban J connectivity index is 1.70. The second-order valence-electron chi connectivity index (χ2n) is 4.54. The van der Waals surface area contributed by atoms with Gasteiger partial charge in [0.15, 0.2) is 0 Å². The quantitative estimate of drug-likeness (QED) is 0.636. The Hall–Kier alpha value is -2.56. The summed E-state index contributed by atoms with van der Waals surface area (Å²) in [7, 11) is 0. The summed E-state index contributed by atoms with van der Waals surface area (Å²) < 4.78 is 10.0. The minimum absolute atomic E-state index is 0.133. The predicted molar refractivity (Wildman–Crippen MR) is 71.7 cm³/mol. The molecule has 0 N–H and O–H groups in total. The van der Waals surface area contributed by atoms with Gasteiger partial charge in [-0.3, -0.25) is 4.79 Å². The zero-order valence-corrected chi connectivity index (χ0v) is 10.7. The summed E-state index contributed by atoms with van der Waals surface area (Å²) >= 11 is 0. The fourth-order valence-corrected chi connectivity index (χ4v) is 2.16. The minimum atomic E-state index is -0.469. The molecule has 1 fully saturated rings. The second kappa shape index (κ2) is 5.21. The van der Waals surface area contributed by atoms with Crippen LogP contribution >= 0.6 is 0 Å². The van der Waals surface area contributed by atoms with Crippen LogP contribution in [0, 0.1) is 0 Å². The number of esters is 1. The van der Waals surface area contributed by atoms with Crippen molar-refractivity contribution < 1.29 is 18.7 Å². The maximum atomic E-state index is 11.7. The zero-order chi connectivity index (χ0) is 13.9. The Kier molecular flexibility index (Phi) is 3.25. The Labute approximate surface area is 115 Å². The first kappa shape index (κ1) is 12.5. The Morgan fingerprint density at radius 2 is 2.00 bits per heavy atom. The molecule has 1 aromatic heterocycles. The van der Waals surface area contributed by atoms with E-state index in [9.17, 15) is 9.59 Å². The van der Waals surface area contributed by atoms with E-state index >= 15 is 0 Å². The minimum Gasteiger partial charge on any atom is -0.472 e. The summed E-state index contributed by atoms with van der Waals surface area (Å²) in [6.07, 6.45) is 4.23. The Morgan fingerprint density at radius 1 is 1.20 bits per heavy atom. The molecule has 5 nitrogen and oxygen atoms in total. The van der Waals surface area contributed by atoms with Crippen LogP contribution < -0.4 is 9.64 Å². The number of hydrogen-bond donors (Lipinski definition) is 0. The van der Waals surface area contributed by atoms with Gasteiger partial charge in [-0.2, -0.15) is 0 Å². The number of hydrogen-bond acceptors (Lipinski definition) is 4. The van der Waals surface area contributed by atoms with Gasteiger partial charge in [-0.1, -0.05) is 0 Å². The van der Waals surface area contributed by atoms with Crippen LogP contribution in [0.5, 0.6) is 5.75 Å². The van der Waals surface area contributed by atoms with Crippen LogP contribution in [0.1, 0.15) is 23.2 Å². The lowest BCUT2D eigenvalue weighted by atomic mass is 10.2. The van der Waals surface area contributed by atoms with Crippen molar-refractivity contribution in [2.75, 3.05) is 11.4 Å². The highest BCUT2D eigenvalue weighted by atomic mass is 16.5. The topological polar surface area (TPSA) is 59.8 Å². The summed E-state index contributed by atoms with van der Waals surface area (Å²) in [5, 5.41) is 0. The lowest BCUT2D eigenvalue weighted by molar-refractivity contribution is -0.117. The van der Waals surface area contributed by atoms with Crippen molar-refractivity contribution in [1.82, 2.24) is 0 Å². The summed E-state index contributed by atoms with van der Waals surface area (Å²) in [5.41, 5.74) is 1.19. The van der Waals surface area contributed by atoms with Gasteiger partial charge in [0, 0.05) is 18.7 Å². The van der Waals surface area contributed by atoms with Crippen molar-refractivity contribution in [2.45, 2.75) is 12.8 Å². The number of anilines is 1. The smallest absolute Gasteiger partial charge is 0.346 e. The molecule has 0 spiro atoms. The van der Waals surface area contributed by atoms with Crippen LogP contribution in [-0.4, -0.2) is 18.4 Å². The normalized spacial score (nSPS) is 14.6. The molecule has 0 bridgehead atoms. The number of furan rings is 1. The molecule has 0 radical (unpaired) electrons. The van der Waals surface area contributed by atoms with Crippen molar-refractivity contribution in [3.8, 4) is 5.75 Å². The van der Waals surface area contributed by atoms with Gasteiger partial charge in [0.25, 0.3) is 0 Å². The molecular formula is C15H13NO4. The van der Waals surface area contributed by atoms with E-state index in [2.05, 4.69) is 0 Å². The Morgan fingerprint density at radius 3 is 2.60 bits per heavy atom. The first-order valence-corrected chi connectivity index (χ1v) is 6.39. The van der Waals surface area contributed by atoms with Crippen molar-refractivity contribution >= 4 is 17.6 Å². The zero-order valence-electron chi connectivity index (χ0n) is 10.7. The summed E-state index contributed by atoms with van der Waals surface area (Å²) in [5.74, 6) is 0.100. The molecule has 2 heterocycles. The van der Waals surface area contributed by atoms with E-state index in [0.29, 0.717) is 17.7 Å². The number of carbonyl (C=O) groups excluding carboxylic acids is 2. The highest BCUT2D eigenvalue weighted by molar-refractivity contribution is 5.95. The summed E-state index contributed by atoms with van der Waals surface area (Å²) in [4.78, 5) is 25.1. The molecule has 1 aliphatic rings. The van der Waals surface area contributed by atoms with Gasteiger partial charge in [-0.15, -0.1) is 0 Å². The van der Waals surface area contributed by atoms with Crippen molar-refractivity contribution in [2.24, 2.45) is 0 Å². The monoisotopic (exact) mass is 271 g/mol. The fourth-order valence-electron chi connectivity index (χ4n) is 2.16. The maximum absolute atomic E-state index is 11.7. The fraction of sp³-hybridized carbons (Fsp3) is 0.200. The highest BCUT2D eigenvalue weighted by Crippen LogP contribution is 2.24. The molecule has 2 aromatic rings. The molecule has 0 unspecified atom stereocenters. The van der Waals surface area contributed by atoms with E-state index in [0.717, 1.165) is 18.7 Å². The first-order valence-electron chi connectivity index (χ1n) is 6.39. The largest absolute Gasteiger partial charge is 0.472 e. The van der Waals surface area contributed by atoms with Crippen LogP contribution in [0.25, 0.3) is 0 Å². The molecule has 102 valence electrons. The molecule has 1 aliphatic heterocycles. The van der Waals surface area contributed by atoms with Crippen LogP contribution in [-0.2, 0) is 4.79 Å². The first-order chi connectivity index (χ1) is 9.74. The molecule has 0 aliphatic carbocycles. The van der Waals surface area contributed by atoms with E-state index in [1.165, 1.54) is 12.5 Å². The predicted octanol–water partition coefficient (Wildman–Crippen LogP) is 2.63. The van der Waals surface area contributed by atoms with Gasteiger partial charge in [-0.05, 0) is 36.8 Å². The van der Waals surface area contributed by atoms with Crippen LogP contribution in [0.15, 0.2) is 47.3 Å². The molecule has 1 saturated heterocycles. The highest BCUT2D eigenvalue weighted by Gasteiger charge is 2.21. The van der Waals surface area contributed by atoms with E-state index in [1.807, 2.05) is 0 Å². The van der Waals surface area contributed by atoms with Gasteiger partial charge in [-0.25, -0.2) is 4.79 Å². The van der Waals surface area contributed by atoms with Gasteiger partial charge in [0.2, 0.25) is 5.91 Å². The van der Waals surface area contributed by atoms with Crippen LogP contribution in [0.3, 0.4) is 0 Å². The second-order valence-corrected chi connectivity index (χ2v) is 4.54. The number of benzene rings is 1. The van der Waals surface area contributed by atoms with Crippen LogP contribution in [0.2, 0.25) is 0 Å². The van der Waals surface area contributed by atoms with E-state index < -0.39 is 5.97 Å². The van der Waals surface area contributed by atoms with Gasteiger partial charge >= 0.3 is 5.97 Å². The van der Waals surface area contributed by atoms with Gasteiger partial charge < -0.3 is 14.1 Å². The summed E-state index contributed by atoms with van der Waals surface area (Å²) in [6.45, 7) is 0.743. The van der Waals surface area contributed by atoms with Crippen molar-refractivity contribution in [1.29, 1.82) is 0 Å². The standard InChI is InChI=1S/C15H13NO4/c17-14-2-1-8-16(14)12-3-5-13(6-4-12)20-15(18)11-7-9-19-10-11/h3-7,9-10H,1-2,8H2. The van der Waals surface area contributed by atoms with Crippen molar-refractivity contribution in [3.63, 3.8) is 0 Å². The molecule has 20 heavy (non-hydrogen) atoms. The molecule has 0 atom stereocenters. The van der Waals surface area contributed by atoms with Gasteiger partial charge in [0.1, 0.15) is 12.0 Å². The molecule has 3 rings (SSSR count). The molecule has 0 saturated carbocycles. The third-order valence-electron chi connectivity index (χ3n) is 3.19. The van der Waals surface area contributed by atoms with Crippen molar-refractivity contribution in [3.05, 3.63) is 48.4 Å². The number of amides is 1. The Bertz CT molecular complexity index is 616. The van der Waals surface area contributed by atoms with Crippen LogP contribution in [0.4, 0.5) is 5.69 Å². The molecule has 5 heteroatoms. The maximum Gasteiger partial charge on any atom is 0.346 e. The number of ether oxygens (including phenoxy) is 1. The number of nitrogens with zero attached hydrogens (tertiary/aromatic N) is 1. The molecule has 1 aromatic carbocycles. The molecular weight excluding hydrogens is 258 g/mol.